The first kappa shape index (κ1) is 19.9. The molecule has 0 spiro atoms. The van der Waals surface area contributed by atoms with Gasteiger partial charge in [0, 0.05) is 36.8 Å². The molecule has 5 rings (SSSR count). The largest absolute Gasteiger partial charge is 0.493 e. The van der Waals surface area contributed by atoms with Crippen molar-refractivity contribution in [1.82, 2.24) is 14.8 Å². The van der Waals surface area contributed by atoms with Crippen LogP contribution in [0.4, 0.5) is 15.3 Å². The lowest BCUT2D eigenvalue weighted by atomic mass is 9.79. The van der Waals surface area contributed by atoms with E-state index in [1.54, 1.807) is 15.9 Å². The van der Waals surface area contributed by atoms with Crippen molar-refractivity contribution in [3.05, 3.63) is 90.1 Å². The van der Waals surface area contributed by atoms with E-state index in [-0.39, 0.29) is 18.0 Å². The Hall–Kier alpha value is -4.07. The van der Waals surface area contributed by atoms with Gasteiger partial charge in [0.1, 0.15) is 6.04 Å². The minimum atomic E-state index is -1.03. The van der Waals surface area contributed by atoms with Crippen molar-refractivity contribution >= 4 is 17.8 Å². The summed E-state index contributed by atoms with van der Waals surface area (Å²) in [6.45, 7) is 1.04. The Morgan fingerprint density at radius 3 is 2.25 bits per heavy atom. The number of urea groups is 1. The van der Waals surface area contributed by atoms with Crippen LogP contribution in [0, 0.1) is 0 Å². The zero-order chi connectivity index (χ0) is 22.1. The fourth-order valence-corrected chi connectivity index (χ4v) is 4.50. The van der Waals surface area contributed by atoms with Gasteiger partial charge in [0.15, 0.2) is 5.60 Å². The molecular formula is C24H22N4O4. The zero-order valence-electron chi connectivity index (χ0n) is 17.2. The van der Waals surface area contributed by atoms with E-state index in [4.69, 9.17) is 4.74 Å². The molecule has 1 unspecified atom stereocenters. The van der Waals surface area contributed by atoms with Crippen LogP contribution in [0.2, 0.25) is 0 Å². The van der Waals surface area contributed by atoms with Crippen LogP contribution in [0.3, 0.4) is 0 Å². The van der Waals surface area contributed by atoms with Gasteiger partial charge in [-0.15, -0.1) is 0 Å². The number of carbonyl (C=O) groups is 2. The Morgan fingerprint density at radius 1 is 1.00 bits per heavy atom. The number of amides is 3. The third kappa shape index (κ3) is 3.30. The third-order valence-corrected chi connectivity index (χ3v) is 6.02. The molecule has 1 aromatic heterocycles. The number of pyridine rings is 1. The first-order valence-corrected chi connectivity index (χ1v) is 10.4. The summed E-state index contributed by atoms with van der Waals surface area (Å²) < 4.78 is 6.12. The number of piperazine rings is 1. The number of aromatic nitrogens is 1. The van der Waals surface area contributed by atoms with Crippen LogP contribution in [-0.4, -0.2) is 57.7 Å². The fourth-order valence-electron chi connectivity index (χ4n) is 4.50. The number of rotatable bonds is 3. The maximum Gasteiger partial charge on any atom is 0.411 e. The Morgan fingerprint density at radius 2 is 1.66 bits per heavy atom. The van der Waals surface area contributed by atoms with Gasteiger partial charge in [-0.2, -0.15) is 0 Å². The second kappa shape index (κ2) is 7.88. The van der Waals surface area contributed by atoms with Crippen LogP contribution in [0.15, 0.2) is 79.0 Å². The molecule has 2 aliphatic rings. The topological polar surface area (TPSA) is 95.0 Å². The van der Waals surface area contributed by atoms with Crippen molar-refractivity contribution in [2.24, 2.45) is 0 Å². The van der Waals surface area contributed by atoms with Gasteiger partial charge in [-0.05, 0) is 6.07 Å². The standard InChI is InChI=1S/C24H22N4O4/c29-21-12-11-19(15-25-21)26-22(30)27-13-14-28-20(16-27)24(32-23(28)31,17-7-3-1-4-8-17)18-9-5-2-6-10-18/h1-12,15,20H,13-14,16H2,(H,25,29)(H,26,30). The Bertz CT molecular complexity index is 1080. The van der Waals surface area contributed by atoms with Gasteiger partial charge >= 0.3 is 12.1 Å². The number of cyclic esters (lactones) is 1. The molecule has 0 bridgehead atoms. The lowest BCUT2D eigenvalue weighted by molar-refractivity contribution is 0.0525. The quantitative estimate of drug-likeness (QED) is 0.664. The predicted molar refractivity (Wildman–Crippen MR) is 117 cm³/mol. The molecule has 3 heterocycles. The molecule has 162 valence electrons. The molecule has 0 saturated carbocycles. The van der Waals surface area contributed by atoms with E-state index < -0.39 is 11.6 Å². The summed E-state index contributed by atoms with van der Waals surface area (Å²) in [7, 11) is 0. The van der Waals surface area contributed by atoms with E-state index in [0.29, 0.717) is 25.3 Å². The lowest BCUT2D eigenvalue weighted by Crippen LogP contribution is -2.59. The summed E-state index contributed by atoms with van der Waals surface area (Å²) in [5.41, 5.74) is 1.17. The van der Waals surface area contributed by atoms with E-state index in [2.05, 4.69) is 10.3 Å². The molecule has 3 aromatic rings. The maximum atomic E-state index is 13.0. The fraction of sp³-hybridized carbons (Fsp3) is 0.208. The van der Waals surface area contributed by atoms with Gasteiger partial charge < -0.3 is 20.1 Å². The molecular weight excluding hydrogens is 408 g/mol. The first-order valence-electron chi connectivity index (χ1n) is 10.4. The van der Waals surface area contributed by atoms with Crippen LogP contribution in [0.5, 0.6) is 5.88 Å². The van der Waals surface area contributed by atoms with E-state index in [9.17, 15) is 14.7 Å². The first-order chi connectivity index (χ1) is 15.6. The van der Waals surface area contributed by atoms with Crippen LogP contribution in [-0.2, 0) is 10.3 Å². The number of nitrogens with zero attached hydrogens (tertiary/aromatic N) is 3. The third-order valence-electron chi connectivity index (χ3n) is 6.02. The predicted octanol–water partition coefficient (Wildman–Crippen LogP) is 3.40. The number of aromatic hydroxyl groups is 1. The van der Waals surface area contributed by atoms with Crippen LogP contribution in [0.25, 0.3) is 0 Å². The second-order valence-electron chi connectivity index (χ2n) is 7.83. The number of ether oxygens (including phenoxy) is 1. The van der Waals surface area contributed by atoms with Crippen LogP contribution in [0.1, 0.15) is 11.1 Å². The number of carbonyl (C=O) groups excluding carboxylic acids is 2. The van der Waals surface area contributed by atoms with Gasteiger partial charge in [0.05, 0.1) is 11.9 Å². The number of nitrogens with one attached hydrogen (secondary N) is 1. The Labute approximate surface area is 185 Å². The number of fused-ring (bicyclic) bond motifs is 1. The highest BCUT2D eigenvalue weighted by Gasteiger charge is 2.58. The van der Waals surface area contributed by atoms with E-state index in [0.717, 1.165) is 11.1 Å². The molecule has 2 N–H and O–H groups in total. The molecule has 0 aliphatic carbocycles. The van der Waals surface area contributed by atoms with E-state index in [1.165, 1.54) is 12.3 Å². The lowest BCUT2D eigenvalue weighted by Gasteiger charge is -2.42. The molecule has 32 heavy (non-hydrogen) atoms. The smallest absolute Gasteiger partial charge is 0.411 e. The average molecular weight is 430 g/mol. The van der Waals surface area contributed by atoms with E-state index >= 15 is 0 Å². The van der Waals surface area contributed by atoms with Crippen LogP contribution >= 0.6 is 0 Å². The highest BCUT2D eigenvalue weighted by atomic mass is 16.6. The summed E-state index contributed by atoms with van der Waals surface area (Å²) in [6.07, 6.45) is 1.01. The van der Waals surface area contributed by atoms with Gasteiger partial charge in [-0.3, -0.25) is 4.90 Å². The molecule has 2 fully saturated rings. The van der Waals surface area contributed by atoms with Gasteiger partial charge in [-0.25, -0.2) is 14.6 Å². The van der Waals surface area contributed by atoms with Gasteiger partial charge in [0.2, 0.25) is 5.88 Å². The van der Waals surface area contributed by atoms with Crippen molar-refractivity contribution in [3.8, 4) is 5.88 Å². The van der Waals surface area contributed by atoms with E-state index in [1.807, 2.05) is 60.7 Å². The molecule has 8 nitrogen and oxygen atoms in total. The normalized spacial score (nSPS) is 19.2. The number of benzene rings is 2. The average Bonchev–Trinajstić information content (AvgIpc) is 3.14. The van der Waals surface area contributed by atoms with Crippen molar-refractivity contribution in [1.29, 1.82) is 0 Å². The van der Waals surface area contributed by atoms with Gasteiger partial charge in [-0.1, -0.05) is 60.7 Å². The Kier molecular flexibility index (Phi) is 4.89. The summed E-state index contributed by atoms with van der Waals surface area (Å²) in [5.74, 6) is -0.117. The SMILES string of the molecule is O=C(Nc1ccc(O)nc1)N1CCN2C(=O)OC(c3ccccc3)(c3ccccc3)C2C1. The van der Waals surface area contributed by atoms with Crippen molar-refractivity contribution in [2.75, 3.05) is 25.0 Å². The molecule has 2 aliphatic heterocycles. The second-order valence-corrected chi connectivity index (χ2v) is 7.83. The minimum Gasteiger partial charge on any atom is -0.493 e. The number of hydrogen-bond donors (Lipinski definition) is 2. The monoisotopic (exact) mass is 430 g/mol. The molecule has 2 saturated heterocycles. The molecule has 8 heteroatoms. The molecule has 1 atom stereocenters. The van der Waals surface area contributed by atoms with Crippen molar-refractivity contribution in [3.63, 3.8) is 0 Å². The highest BCUT2D eigenvalue weighted by Crippen LogP contribution is 2.45. The molecule has 3 amide bonds. The summed E-state index contributed by atoms with van der Waals surface area (Å²) in [4.78, 5) is 33.1. The summed E-state index contributed by atoms with van der Waals surface area (Å²) in [5, 5.41) is 12.2. The van der Waals surface area contributed by atoms with Crippen molar-refractivity contribution in [2.45, 2.75) is 11.6 Å². The summed E-state index contributed by atoms with van der Waals surface area (Å²) in [6, 6.07) is 21.6. The van der Waals surface area contributed by atoms with Gasteiger partial charge in [0.25, 0.3) is 0 Å². The number of anilines is 1. The maximum absolute atomic E-state index is 13.0. The minimum absolute atomic E-state index is 0.117. The molecule has 2 aromatic carbocycles. The number of hydrogen-bond acceptors (Lipinski definition) is 5. The zero-order valence-corrected chi connectivity index (χ0v) is 17.2. The Balaban J connectivity index is 1.49. The highest BCUT2D eigenvalue weighted by molar-refractivity contribution is 5.89. The van der Waals surface area contributed by atoms with Crippen LogP contribution < -0.4 is 5.32 Å². The van der Waals surface area contributed by atoms with Crippen molar-refractivity contribution < 1.29 is 19.4 Å². The molecule has 0 radical (unpaired) electrons. The summed E-state index contributed by atoms with van der Waals surface area (Å²) >= 11 is 0.